The van der Waals surface area contributed by atoms with Crippen LogP contribution in [-0.4, -0.2) is 36.6 Å². The molecule has 2 unspecified atom stereocenters. The van der Waals surface area contributed by atoms with Crippen LogP contribution in [0.1, 0.15) is 26.7 Å². The van der Waals surface area contributed by atoms with E-state index < -0.39 is 5.97 Å². The predicted octanol–water partition coefficient (Wildman–Crippen LogP) is 0.459. The van der Waals surface area contributed by atoms with Crippen LogP contribution in [0.4, 0.5) is 0 Å². The SMILES string of the molecule is CC(CCC(=O)O)CNC(=O)C(C)C1CNC1. The maximum absolute atomic E-state index is 11.8. The number of hydrogen-bond donors (Lipinski definition) is 3. The van der Waals surface area contributed by atoms with Gasteiger partial charge in [-0.3, -0.25) is 9.59 Å². The highest BCUT2D eigenvalue weighted by Crippen LogP contribution is 2.16. The summed E-state index contributed by atoms with van der Waals surface area (Å²) in [6.07, 6.45) is 0.772. The van der Waals surface area contributed by atoms with Gasteiger partial charge < -0.3 is 15.7 Å². The van der Waals surface area contributed by atoms with Crippen molar-refractivity contribution in [2.45, 2.75) is 26.7 Å². The van der Waals surface area contributed by atoms with Crippen molar-refractivity contribution in [2.24, 2.45) is 17.8 Å². The summed E-state index contributed by atoms with van der Waals surface area (Å²) >= 11 is 0. The molecule has 1 rings (SSSR count). The lowest BCUT2D eigenvalue weighted by Crippen LogP contribution is -2.50. The van der Waals surface area contributed by atoms with E-state index in [1.54, 1.807) is 0 Å². The lowest BCUT2D eigenvalue weighted by molar-refractivity contribution is -0.137. The van der Waals surface area contributed by atoms with E-state index >= 15 is 0 Å². The third-order valence-electron chi connectivity index (χ3n) is 3.41. The van der Waals surface area contributed by atoms with Gasteiger partial charge in [-0.2, -0.15) is 0 Å². The number of amides is 1. The first-order chi connectivity index (χ1) is 8.00. The van der Waals surface area contributed by atoms with Crippen LogP contribution in [-0.2, 0) is 9.59 Å². The smallest absolute Gasteiger partial charge is 0.303 e. The molecule has 2 atom stereocenters. The largest absolute Gasteiger partial charge is 0.481 e. The Balaban J connectivity index is 2.15. The molecule has 0 radical (unpaired) electrons. The average molecular weight is 242 g/mol. The van der Waals surface area contributed by atoms with Crippen LogP contribution in [0.15, 0.2) is 0 Å². The van der Waals surface area contributed by atoms with Gasteiger partial charge in [0.15, 0.2) is 0 Å². The zero-order valence-corrected chi connectivity index (χ0v) is 10.5. The van der Waals surface area contributed by atoms with Crippen molar-refractivity contribution >= 4 is 11.9 Å². The van der Waals surface area contributed by atoms with Gasteiger partial charge in [-0.05, 0) is 31.3 Å². The lowest BCUT2D eigenvalue weighted by atomic mass is 9.88. The fourth-order valence-corrected chi connectivity index (χ4v) is 1.79. The van der Waals surface area contributed by atoms with Gasteiger partial charge in [-0.25, -0.2) is 0 Å². The average Bonchev–Trinajstić information content (AvgIpc) is 2.20. The molecule has 0 aromatic carbocycles. The van der Waals surface area contributed by atoms with Crippen LogP contribution >= 0.6 is 0 Å². The molecular formula is C12H22N2O3. The van der Waals surface area contributed by atoms with Crippen molar-refractivity contribution in [3.05, 3.63) is 0 Å². The number of carbonyl (C=O) groups excluding carboxylic acids is 1. The molecule has 0 aromatic rings. The molecule has 1 aliphatic rings. The zero-order chi connectivity index (χ0) is 12.8. The number of aliphatic carboxylic acids is 1. The van der Waals surface area contributed by atoms with Crippen molar-refractivity contribution in [2.75, 3.05) is 19.6 Å². The number of hydrogen-bond acceptors (Lipinski definition) is 3. The van der Waals surface area contributed by atoms with Gasteiger partial charge in [-0.15, -0.1) is 0 Å². The number of nitrogens with one attached hydrogen (secondary N) is 2. The molecule has 0 aromatic heterocycles. The first kappa shape index (κ1) is 14.0. The minimum atomic E-state index is -0.780. The molecule has 1 aliphatic heterocycles. The number of carbonyl (C=O) groups is 2. The van der Waals surface area contributed by atoms with E-state index in [0.717, 1.165) is 13.1 Å². The molecule has 5 nitrogen and oxygen atoms in total. The van der Waals surface area contributed by atoms with E-state index in [1.165, 1.54) is 0 Å². The molecule has 1 heterocycles. The topological polar surface area (TPSA) is 78.4 Å². The highest BCUT2D eigenvalue weighted by Gasteiger charge is 2.28. The summed E-state index contributed by atoms with van der Waals surface area (Å²) in [6, 6.07) is 0. The van der Waals surface area contributed by atoms with Gasteiger partial charge in [0.05, 0.1) is 0 Å². The Morgan fingerprint density at radius 2 is 2.06 bits per heavy atom. The Kier molecular flexibility index (Phi) is 5.41. The van der Waals surface area contributed by atoms with Crippen molar-refractivity contribution in [3.63, 3.8) is 0 Å². The summed E-state index contributed by atoms with van der Waals surface area (Å²) in [5.41, 5.74) is 0. The molecule has 0 bridgehead atoms. The molecule has 3 N–H and O–H groups in total. The second kappa shape index (κ2) is 6.59. The van der Waals surface area contributed by atoms with Gasteiger partial charge in [0.25, 0.3) is 0 Å². The van der Waals surface area contributed by atoms with E-state index in [-0.39, 0.29) is 24.2 Å². The van der Waals surface area contributed by atoms with Gasteiger partial charge in [0, 0.05) is 18.9 Å². The fourth-order valence-electron chi connectivity index (χ4n) is 1.79. The lowest BCUT2D eigenvalue weighted by Gasteiger charge is -2.32. The molecule has 0 saturated carbocycles. The number of carboxylic acids is 1. The first-order valence-corrected chi connectivity index (χ1v) is 6.21. The van der Waals surface area contributed by atoms with E-state index in [0.29, 0.717) is 18.9 Å². The van der Waals surface area contributed by atoms with Crippen LogP contribution in [0.25, 0.3) is 0 Å². The molecule has 1 fully saturated rings. The molecule has 17 heavy (non-hydrogen) atoms. The van der Waals surface area contributed by atoms with Gasteiger partial charge in [0.2, 0.25) is 5.91 Å². The molecular weight excluding hydrogens is 220 g/mol. The maximum atomic E-state index is 11.8. The van der Waals surface area contributed by atoms with E-state index in [1.807, 2.05) is 13.8 Å². The summed E-state index contributed by atoms with van der Waals surface area (Å²) < 4.78 is 0. The van der Waals surface area contributed by atoms with Crippen molar-refractivity contribution in [3.8, 4) is 0 Å². The molecule has 0 spiro atoms. The summed E-state index contributed by atoms with van der Waals surface area (Å²) in [7, 11) is 0. The summed E-state index contributed by atoms with van der Waals surface area (Å²) in [4.78, 5) is 22.2. The minimum absolute atomic E-state index is 0.0444. The first-order valence-electron chi connectivity index (χ1n) is 6.21. The van der Waals surface area contributed by atoms with Crippen molar-refractivity contribution in [1.82, 2.24) is 10.6 Å². The summed E-state index contributed by atoms with van der Waals surface area (Å²) in [5, 5.41) is 14.6. The molecule has 5 heteroatoms. The molecule has 1 saturated heterocycles. The van der Waals surface area contributed by atoms with Crippen LogP contribution in [0.3, 0.4) is 0 Å². The predicted molar refractivity (Wildman–Crippen MR) is 64.6 cm³/mol. The fraction of sp³-hybridized carbons (Fsp3) is 0.833. The van der Waals surface area contributed by atoms with Gasteiger partial charge >= 0.3 is 5.97 Å². The minimum Gasteiger partial charge on any atom is -0.481 e. The Hall–Kier alpha value is -1.10. The Morgan fingerprint density at radius 1 is 1.41 bits per heavy atom. The third-order valence-corrected chi connectivity index (χ3v) is 3.41. The second-order valence-corrected chi connectivity index (χ2v) is 4.99. The number of rotatable bonds is 7. The third kappa shape index (κ3) is 4.73. The van der Waals surface area contributed by atoms with Crippen LogP contribution in [0.2, 0.25) is 0 Å². The summed E-state index contributed by atoms with van der Waals surface area (Å²) in [6.45, 7) is 6.31. The van der Waals surface area contributed by atoms with Crippen LogP contribution in [0.5, 0.6) is 0 Å². The van der Waals surface area contributed by atoms with Crippen LogP contribution in [0, 0.1) is 17.8 Å². The molecule has 0 aliphatic carbocycles. The quantitative estimate of drug-likeness (QED) is 0.606. The number of carboxylic acid groups (broad SMARTS) is 1. The highest BCUT2D eigenvalue weighted by molar-refractivity contribution is 5.78. The summed E-state index contributed by atoms with van der Waals surface area (Å²) in [5.74, 6) is 0.00442. The second-order valence-electron chi connectivity index (χ2n) is 4.99. The van der Waals surface area contributed by atoms with E-state index in [9.17, 15) is 9.59 Å². The molecule has 1 amide bonds. The van der Waals surface area contributed by atoms with Crippen LogP contribution < -0.4 is 10.6 Å². The van der Waals surface area contributed by atoms with Gasteiger partial charge in [0.1, 0.15) is 0 Å². The Labute approximate surface area is 102 Å². The van der Waals surface area contributed by atoms with Gasteiger partial charge in [-0.1, -0.05) is 13.8 Å². The standard InChI is InChI=1S/C12H22N2O3/c1-8(3-4-11(15)16)5-14-12(17)9(2)10-6-13-7-10/h8-10,13H,3-7H2,1-2H3,(H,14,17)(H,15,16). The Bertz CT molecular complexity index is 277. The van der Waals surface area contributed by atoms with E-state index in [4.69, 9.17) is 5.11 Å². The normalized spacial score (nSPS) is 19.2. The van der Waals surface area contributed by atoms with Crippen molar-refractivity contribution < 1.29 is 14.7 Å². The van der Waals surface area contributed by atoms with E-state index in [2.05, 4.69) is 10.6 Å². The monoisotopic (exact) mass is 242 g/mol. The zero-order valence-electron chi connectivity index (χ0n) is 10.5. The molecule has 98 valence electrons. The van der Waals surface area contributed by atoms with Crippen molar-refractivity contribution in [1.29, 1.82) is 0 Å². The Morgan fingerprint density at radius 3 is 2.53 bits per heavy atom. The maximum Gasteiger partial charge on any atom is 0.303 e. The highest BCUT2D eigenvalue weighted by atomic mass is 16.4.